The molecule has 0 radical (unpaired) electrons. The van der Waals surface area contributed by atoms with Crippen LogP contribution in [0.2, 0.25) is 0 Å². The zero-order chi connectivity index (χ0) is 17.6. The van der Waals surface area contributed by atoms with E-state index in [2.05, 4.69) is 19.6 Å². The number of hydrogen-bond donors (Lipinski definition) is 0. The topological polar surface area (TPSA) is 85.3 Å². The molecule has 0 bridgehead atoms. The van der Waals surface area contributed by atoms with E-state index in [1.807, 2.05) is 0 Å². The summed E-state index contributed by atoms with van der Waals surface area (Å²) in [4.78, 5) is 22.6. The van der Waals surface area contributed by atoms with Gasteiger partial charge in [0.25, 0.3) is 5.91 Å². The van der Waals surface area contributed by atoms with Gasteiger partial charge in [0.2, 0.25) is 5.82 Å². The minimum absolute atomic E-state index is 0.110. The van der Waals surface area contributed by atoms with Gasteiger partial charge in [0, 0.05) is 18.0 Å². The maximum atomic E-state index is 12.6. The molecule has 25 heavy (non-hydrogen) atoms. The van der Waals surface area contributed by atoms with Gasteiger partial charge in [0.05, 0.1) is 4.88 Å². The molecular formula is C14H9F3N4O3S. The van der Waals surface area contributed by atoms with Gasteiger partial charge in [-0.1, -0.05) is 5.16 Å². The lowest BCUT2D eigenvalue weighted by Gasteiger charge is -2.26. The number of rotatable bonds is 2. The highest BCUT2D eigenvalue weighted by Gasteiger charge is 2.38. The number of oxazole rings is 1. The average Bonchev–Trinajstić information content (AvgIpc) is 3.31. The first-order valence-corrected chi connectivity index (χ1v) is 7.94. The third-order valence-electron chi connectivity index (χ3n) is 3.69. The lowest BCUT2D eigenvalue weighted by Crippen LogP contribution is -2.35. The molecule has 0 unspecified atom stereocenters. The molecule has 1 aliphatic heterocycles. The molecule has 0 spiro atoms. The first kappa shape index (κ1) is 15.8. The fourth-order valence-corrected chi connectivity index (χ4v) is 3.62. The Hall–Kier alpha value is -2.69. The van der Waals surface area contributed by atoms with E-state index in [0.29, 0.717) is 24.4 Å². The summed E-state index contributed by atoms with van der Waals surface area (Å²) in [6, 6.07) is 1.69. The van der Waals surface area contributed by atoms with E-state index in [0.717, 1.165) is 10.4 Å². The van der Waals surface area contributed by atoms with E-state index in [4.69, 9.17) is 4.42 Å². The Kier molecular flexibility index (Phi) is 3.60. The first-order chi connectivity index (χ1) is 11.9. The lowest BCUT2D eigenvalue weighted by molar-refractivity contribution is -0.159. The Morgan fingerprint density at radius 1 is 1.36 bits per heavy atom. The van der Waals surface area contributed by atoms with E-state index in [1.165, 1.54) is 24.0 Å². The van der Waals surface area contributed by atoms with Crippen LogP contribution in [0.1, 0.15) is 26.8 Å². The molecule has 3 aromatic heterocycles. The van der Waals surface area contributed by atoms with Gasteiger partial charge in [-0.05, 0) is 18.1 Å². The normalized spacial score (nSPS) is 14.6. The Bertz CT molecular complexity index is 916. The third-order valence-corrected chi connectivity index (χ3v) is 4.93. The summed E-state index contributed by atoms with van der Waals surface area (Å²) in [5.41, 5.74) is 1.06. The van der Waals surface area contributed by atoms with Crippen LogP contribution < -0.4 is 0 Å². The van der Waals surface area contributed by atoms with Crippen molar-refractivity contribution >= 4 is 17.2 Å². The summed E-state index contributed by atoms with van der Waals surface area (Å²) in [6.07, 6.45) is -1.63. The highest BCUT2D eigenvalue weighted by molar-refractivity contribution is 7.15. The van der Waals surface area contributed by atoms with Crippen LogP contribution in [0.5, 0.6) is 0 Å². The largest absolute Gasteiger partial charge is 0.471 e. The van der Waals surface area contributed by atoms with Crippen molar-refractivity contribution in [2.45, 2.75) is 19.1 Å². The summed E-state index contributed by atoms with van der Waals surface area (Å²) in [5, 5.41) is 3.39. The predicted octanol–water partition coefficient (Wildman–Crippen LogP) is 3.00. The molecule has 7 nitrogen and oxygen atoms in total. The molecule has 1 aliphatic rings. The van der Waals surface area contributed by atoms with Crippen LogP contribution in [0.4, 0.5) is 13.2 Å². The zero-order valence-corrected chi connectivity index (χ0v) is 13.2. The number of fused-ring (bicyclic) bond motifs is 1. The van der Waals surface area contributed by atoms with E-state index in [1.54, 1.807) is 11.0 Å². The predicted molar refractivity (Wildman–Crippen MR) is 77.6 cm³/mol. The number of amides is 1. The number of aromatic nitrogens is 3. The second-order valence-corrected chi connectivity index (χ2v) is 6.47. The highest BCUT2D eigenvalue weighted by atomic mass is 32.1. The average molecular weight is 370 g/mol. The van der Waals surface area contributed by atoms with Crippen molar-refractivity contribution in [3.63, 3.8) is 0 Å². The number of thiophene rings is 1. The minimum Gasteiger partial charge on any atom is -0.451 e. The maximum Gasteiger partial charge on any atom is 0.471 e. The zero-order valence-electron chi connectivity index (χ0n) is 12.4. The van der Waals surface area contributed by atoms with Crippen molar-refractivity contribution in [1.82, 2.24) is 20.0 Å². The molecule has 0 saturated carbocycles. The molecule has 0 saturated heterocycles. The van der Waals surface area contributed by atoms with Crippen molar-refractivity contribution in [3.05, 3.63) is 40.7 Å². The van der Waals surface area contributed by atoms with Gasteiger partial charge in [-0.3, -0.25) is 4.79 Å². The van der Waals surface area contributed by atoms with E-state index in [-0.39, 0.29) is 17.4 Å². The Morgan fingerprint density at radius 3 is 2.88 bits per heavy atom. The standard InChI is InChI=1S/C14H9F3N4O3S/c15-14(16,17)13-19-11(20-24-13)10-3-7-4-21(2-1-9(7)25-10)12(22)8-5-23-6-18-8/h3,5-6H,1-2,4H2. The van der Waals surface area contributed by atoms with Gasteiger partial charge in [0.1, 0.15) is 6.26 Å². The van der Waals surface area contributed by atoms with Gasteiger partial charge in [-0.25, -0.2) is 4.98 Å². The van der Waals surface area contributed by atoms with Gasteiger partial charge in [-0.2, -0.15) is 18.2 Å². The molecule has 130 valence electrons. The minimum atomic E-state index is -4.68. The fraction of sp³-hybridized carbons (Fsp3) is 0.286. The van der Waals surface area contributed by atoms with Gasteiger partial charge in [0.15, 0.2) is 12.1 Å². The molecule has 11 heteroatoms. The van der Waals surface area contributed by atoms with Crippen molar-refractivity contribution in [1.29, 1.82) is 0 Å². The number of nitrogens with zero attached hydrogens (tertiary/aromatic N) is 4. The second kappa shape index (κ2) is 5.69. The quantitative estimate of drug-likeness (QED) is 0.689. The first-order valence-electron chi connectivity index (χ1n) is 7.12. The molecule has 0 aliphatic carbocycles. The van der Waals surface area contributed by atoms with Crippen LogP contribution >= 0.6 is 11.3 Å². The molecule has 3 aromatic rings. The number of alkyl halides is 3. The molecule has 1 amide bonds. The Morgan fingerprint density at radius 2 is 2.20 bits per heavy atom. The summed E-state index contributed by atoms with van der Waals surface area (Å²) >= 11 is 1.30. The monoisotopic (exact) mass is 370 g/mol. The van der Waals surface area contributed by atoms with E-state index >= 15 is 0 Å². The Labute approximate surface area is 142 Å². The van der Waals surface area contributed by atoms with Crippen molar-refractivity contribution in [2.75, 3.05) is 6.54 Å². The van der Waals surface area contributed by atoms with Gasteiger partial charge in [-0.15, -0.1) is 11.3 Å². The molecule has 0 atom stereocenters. The summed E-state index contributed by atoms with van der Waals surface area (Å²) < 4.78 is 46.8. The number of hydrogen-bond acceptors (Lipinski definition) is 7. The van der Waals surface area contributed by atoms with Gasteiger partial charge < -0.3 is 13.8 Å². The second-order valence-electron chi connectivity index (χ2n) is 5.33. The van der Waals surface area contributed by atoms with Crippen molar-refractivity contribution in [3.8, 4) is 10.7 Å². The number of halogens is 3. The smallest absolute Gasteiger partial charge is 0.451 e. The van der Waals surface area contributed by atoms with E-state index in [9.17, 15) is 18.0 Å². The van der Waals surface area contributed by atoms with Crippen LogP contribution in [-0.4, -0.2) is 32.5 Å². The number of carbonyl (C=O) groups excluding carboxylic acids is 1. The number of carbonyl (C=O) groups is 1. The molecular weight excluding hydrogens is 361 g/mol. The van der Waals surface area contributed by atoms with Crippen LogP contribution in [0, 0.1) is 0 Å². The molecule has 4 rings (SSSR count). The summed E-state index contributed by atoms with van der Waals surface area (Å²) in [7, 11) is 0. The molecule has 0 N–H and O–H groups in total. The molecule has 0 aromatic carbocycles. The lowest BCUT2D eigenvalue weighted by atomic mass is 10.1. The maximum absolute atomic E-state index is 12.6. The van der Waals surface area contributed by atoms with Crippen LogP contribution in [-0.2, 0) is 19.1 Å². The Balaban J connectivity index is 1.57. The summed E-state index contributed by atoms with van der Waals surface area (Å²) in [5.74, 6) is -1.75. The van der Waals surface area contributed by atoms with Crippen molar-refractivity contribution < 1.29 is 26.9 Å². The third kappa shape index (κ3) is 2.90. The van der Waals surface area contributed by atoms with E-state index < -0.39 is 12.1 Å². The fourth-order valence-electron chi connectivity index (χ4n) is 2.54. The SMILES string of the molecule is O=C(c1cocn1)N1CCc2sc(-c3noc(C(F)(F)F)n3)cc2C1. The van der Waals surface area contributed by atoms with Crippen LogP contribution in [0.3, 0.4) is 0 Å². The van der Waals surface area contributed by atoms with Crippen molar-refractivity contribution in [2.24, 2.45) is 0 Å². The highest BCUT2D eigenvalue weighted by Crippen LogP contribution is 2.35. The van der Waals surface area contributed by atoms with Crippen LogP contribution in [0.25, 0.3) is 10.7 Å². The van der Waals surface area contributed by atoms with Gasteiger partial charge >= 0.3 is 12.1 Å². The summed E-state index contributed by atoms with van der Waals surface area (Å²) in [6.45, 7) is 0.820. The molecule has 0 fully saturated rings. The molecule has 4 heterocycles. The van der Waals surface area contributed by atoms with Crippen LogP contribution in [0.15, 0.2) is 27.7 Å².